The first-order valence-corrected chi connectivity index (χ1v) is 5.40. The van der Waals surface area contributed by atoms with Crippen molar-refractivity contribution in [2.75, 3.05) is 0 Å². The molecule has 6 heteroatoms. The molecule has 0 aromatic carbocycles. The molecule has 1 amide bonds. The van der Waals surface area contributed by atoms with E-state index in [1.807, 2.05) is 20.8 Å². The van der Waals surface area contributed by atoms with Crippen LogP contribution in [0.3, 0.4) is 0 Å². The number of hydrazone groups is 1. The molecule has 1 rings (SSSR count). The molecule has 0 aromatic rings. The maximum absolute atomic E-state index is 11.1. The van der Waals surface area contributed by atoms with Crippen LogP contribution in [0.5, 0.6) is 0 Å². The third-order valence-electron chi connectivity index (χ3n) is 2.07. The molecule has 0 N–H and O–H groups in total. The van der Waals surface area contributed by atoms with E-state index in [0.29, 0.717) is 0 Å². The zero-order valence-electron chi connectivity index (χ0n) is 8.87. The van der Waals surface area contributed by atoms with E-state index in [1.165, 1.54) is 6.34 Å². The maximum Gasteiger partial charge on any atom is 0.280 e. The van der Waals surface area contributed by atoms with Gasteiger partial charge < -0.3 is 0 Å². The maximum atomic E-state index is 11.1. The van der Waals surface area contributed by atoms with Crippen LogP contribution in [0.15, 0.2) is 10.1 Å². The van der Waals surface area contributed by atoms with Crippen LogP contribution in [-0.2, 0) is 4.79 Å². The van der Waals surface area contributed by atoms with E-state index in [0.717, 1.165) is 12.1 Å². The highest BCUT2D eigenvalue weighted by molar-refractivity contribution is 6.53. The lowest BCUT2D eigenvalue weighted by atomic mass is 10.00. The molecule has 1 heterocycles. The Morgan fingerprint density at radius 2 is 2.27 bits per heavy atom. The molecule has 0 bridgehead atoms. The van der Waals surface area contributed by atoms with Crippen LogP contribution < -0.4 is 0 Å². The number of alkyl halides is 2. The molecule has 0 spiro atoms. The lowest BCUT2D eigenvalue weighted by Gasteiger charge is -2.26. The summed E-state index contributed by atoms with van der Waals surface area (Å²) in [6, 6.07) is 0. The zero-order valence-corrected chi connectivity index (χ0v) is 10.4. The largest absolute Gasteiger partial charge is 0.280 e. The molecule has 4 nitrogen and oxygen atoms in total. The summed E-state index contributed by atoms with van der Waals surface area (Å²) in [6.45, 7) is 5.97. The van der Waals surface area contributed by atoms with Crippen LogP contribution in [0.2, 0.25) is 0 Å². The van der Waals surface area contributed by atoms with Gasteiger partial charge in [0.2, 0.25) is 0 Å². The second-order valence-electron chi connectivity index (χ2n) is 4.05. The Kier molecular flexibility index (Phi) is 3.73. The van der Waals surface area contributed by atoms with Crippen LogP contribution in [0.25, 0.3) is 0 Å². The minimum absolute atomic E-state index is 0.151. The summed E-state index contributed by atoms with van der Waals surface area (Å²) in [6.07, 6.45) is 2.22. The average Bonchev–Trinajstić information content (AvgIpc) is 2.34. The van der Waals surface area contributed by atoms with Crippen molar-refractivity contribution in [3.63, 3.8) is 0 Å². The molecule has 1 aliphatic rings. The van der Waals surface area contributed by atoms with Crippen molar-refractivity contribution < 1.29 is 4.79 Å². The average molecular weight is 250 g/mol. The van der Waals surface area contributed by atoms with Gasteiger partial charge >= 0.3 is 0 Å². The summed E-state index contributed by atoms with van der Waals surface area (Å²) in [4.78, 5) is 13.6. The van der Waals surface area contributed by atoms with Gasteiger partial charge in [-0.25, -0.2) is 5.01 Å². The number of hydrogen-bond acceptors (Lipinski definition) is 2. The minimum Gasteiger partial charge on any atom is -0.269 e. The lowest BCUT2D eigenvalue weighted by Crippen LogP contribution is -2.35. The molecule has 0 aliphatic carbocycles. The van der Waals surface area contributed by atoms with Crippen molar-refractivity contribution in [2.24, 2.45) is 10.1 Å². The molecule has 0 fully saturated rings. The van der Waals surface area contributed by atoms with Crippen LogP contribution in [0.4, 0.5) is 0 Å². The molecule has 0 saturated carbocycles. The summed E-state index contributed by atoms with van der Waals surface area (Å²) in [7, 11) is 0. The number of hydrogen-bond donors (Lipinski definition) is 0. The highest BCUT2D eigenvalue weighted by Crippen LogP contribution is 2.24. The van der Waals surface area contributed by atoms with Crippen molar-refractivity contribution in [3.05, 3.63) is 0 Å². The fourth-order valence-electron chi connectivity index (χ4n) is 1.41. The number of nitrogens with zero attached hydrogens (tertiary/aromatic N) is 3. The van der Waals surface area contributed by atoms with Crippen LogP contribution in [0, 0.1) is 0 Å². The highest BCUT2D eigenvalue weighted by atomic mass is 35.5. The SMILES string of the molecule is CC1=NN(C=NC(=O)C(Cl)Cl)C(C)(C)C1. The smallest absolute Gasteiger partial charge is 0.269 e. The Morgan fingerprint density at radius 1 is 1.67 bits per heavy atom. The van der Waals surface area contributed by atoms with Gasteiger partial charge in [0.25, 0.3) is 5.91 Å². The number of carbonyl (C=O) groups is 1. The normalized spacial score (nSPS) is 20.1. The predicted octanol–water partition coefficient (Wildman–Crippen LogP) is 2.21. The standard InChI is InChI=1S/C9H13Cl2N3O/c1-6-4-9(2,3)14(13-6)5-12-8(15)7(10)11/h5,7H,4H2,1-3H3. The van der Waals surface area contributed by atoms with Gasteiger partial charge in [0, 0.05) is 12.1 Å². The van der Waals surface area contributed by atoms with Gasteiger partial charge in [-0.3, -0.25) is 4.79 Å². The summed E-state index contributed by atoms with van der Waals surface area (Å²) in [5.74, 6) is -0.575. The first kappa shape index (κ1) is 12.5. The quantitative estimate of drug-likeness (QED) is 0.428. The predicted molar refractivity (Wildman–Crippen MR) is 62.6 cm³/mol. The number of halogens is 2. The summed E-state index contributed by atoms with van der Waals surface area (Å²) < 4.78 is 0. The first-order valence-electron chi connectivity index (χ1n) is 4.52. The topological polar surface area (TPSA) is 45.0 Å². The second kappa shape index (κ2) is 4.49. The number of rotatable bonds is 2. The second-order valence-corrected chi connectivity index (χ2v) is 5.15. The van der Waals surface area contributed by atoms with Gasteiger partial charge in [0.15, 0.2) is 4.84 Å². The fourth-order valence-corrected chi connectivity index (χ4v) is 1.52. The molecule has 0 saturated heterocycles. The van der Waals surface area contributed by atoms with Crippen molar-refractivity contribution in [1.29, 1.82) is 0 Å². The summed E-state index contributed by atoms with van der Waals surface area (Å²) >= 11 is 10.7. The molecule has 0 aromatic heterocycles. The van der Waals surface area contributed by atoms with Gasteiger partial charge in [0.1, 0.15) is 6.34 Å². The van der Waals surface area contributed by atoms with Gasteiger partial charge in [-0.2, -0.15) is 10.1 Å². The van der Waals surface area contributed by atoms with E-state index in [4.69, 9.17) is 23.2 Å². The monoisotopic (exact) mass is 249 g/mol. The molecule has 84 valence electrons. The molecular weight excluding hydrogens is 237 g/mol. The molecule has 0 unspecified atom stereocenters. The Hall–Kier alpha value is -0.610. The number of carbonyl (C=O) groups excluding carboxylic acids is 1. The van der Waals surface area contributed by atoms with E-state index in [1.54, 1.807) is 5.01 Å². The van der Waals surface area contributed by atoms with Gasteiger partial charge in [-0.15, -0.1) is 0 Å². The molecule has 15 heavy (non-hydrogen) atoms. The number of aliphatic imine (C=N–C) groups is 1. The third kappa shape index (κ3) is 3.18. The van der Waals surface area contributed by atoms with Crippen LogP contribution in [0.1, 0.15) is 27.2 Å². The minimum atomic E-state index is -1.11. The Labute approximate surface area is 98.9 Å². The van der Waals surface area contributed by atoms with E-state index < -0.39 is 10.7 Å². The summed E-state index contributed by atoms with van der Waals surface area (Å²) in [5.41, 5.74) is 0.856. The Bertz CT molecular complexity index is 323. The van der Waals surface area contributed by atoms with Gasteiger partial charge in [-0.05, 0) is 20.8 Å². The van der Waals surface area contributed by atoms with Crippen molar-refractivity contribution in [2.45, 2.75) is 37.6 Å². The van der Waals surface area contributed by atoms with Crippen molar-refractivity contribution in [1.82, 2.24) is 5.01 Å². The highest BCUT2D eigenvalue weighted by Gasteiger charge is 2.31. The van der Waals surface area contributed by atoms with E-state index in [-0.39, 0.29) is 5.54 Å². The lowest BCUT2D eigenvalue weighted by molar-refractivity contribution is -0.116. The first-order chi connectivity index (χ1) is 6.83. The van der Waals surface area contributed by atoms with Crippen LogP contribution in [-0.4, -0.2) is 33.3 Å². The molecule has 0 atom stereocenters. The van der Waals surface area contributed by atoms with E-state index in [2.05, 4.69) is 10.1 Å². The number of amides is 1. The zero-order chi connectivity index (χ0) is 11.6. The van der Waals surface area contributed by atoms with E-state index in [9.17, 15) is 4.79 Å². The molecular formula is C9H13Cl2N3O. The Morgan fingerprint density at radius 3 is 2.67 bits per heavy atom. The third-order valence-corrected chi connectivity index (χ3v) is 2.44. The van der Waals surface area contributed by atoms with Gasteiger partial charge in [0.05, 0.1) is 5.54 Å². The Balaban J connectivity index is 2.70. The summed E-state index contributed by atoms with van der Waals surface area (Å²) in [5, 5.41) is 5.88. The van der Waals surface area contributed by atoms with Crippen LogP contribution >= 0.6 is 23.2 Å². The van der Waals surface area contributed by atoms with E-state index >= 15 is 0 Å². The molecule has 0 radical (unpaired) electrons. The van der Waals surface area contributed by atoms with Crippen molar-refractivity contribution in [3.8, 4) is 0 Å². The fraction of sp³-hybridized carbons (Fsp3) is 0.667. The molecule has 1 aliphatic heterocycles. The van der Waals surface area contributed by atoms with Gasteiger partial charge in [-0.1, -0.05) is 23.2 Å². The van der Waals surface area contributed by atoms with Crippen molar-refractivity contribution >= 4 is 41.2 Å².